The van der Waals surface area contributed by atoms with Crippen molar-refractivity contribution in [2.45, 2.75) is 55.7 Å². The fourth-order valence-corrected chi connectivity index (χ4v) is 6.86. The van der Waals surface area contributed by atoms with Gasteiger partial charge in [0.2, 0.25) is 12.0 Å². The van der Waals surface area contributed by atoms with Crippen molar-refractivity contribution in [3.05, 3.63) is 64.5 Å². The first-order valence-corrected chi connectivity index (χ1v) is 16.1. The molecule has 0 aliphatic carbocycles. The van der Waals surface area contributed by atoms with E-state index in [2.05, 4.69) is 4.99 Å². The second-order valence-electron chi connectivity index (χ2n) is 12.4. The van der Waals surface area contributed by atoms with Crippen LogP contribution in [0.5, 0.6) is 28.7 Å². The van der Waals surface area contributed by atoms with Crippen LogP contribution in [0.25, 0.3) is 0 Å². The largest absolute Gasteiger partial charge is 0.493 e. The third-order valence-corrected chi connectivity index (χ3v) is 9.20. The van der Waals surface area contributed by atoms with E-state index in [1.165, 1.54) is 7.11 Å². The van der Waals surface area contributed by atoms with Crippen LogP contribution in [0, 0.1) is 0 Å². The van der Waals surface area contributed by atoms with E-state index in [1.807, 2.05) is 18.3 Å². The highest BCUT2D eigenvalue weighted by atomic mass is 16.7. The second-order valence-corrected chi connectivity index (χ2v) is 12.4. The van der Waals surface area contributed by atoms with Gasteiger partial charge in [0, 0.05) is 34.5 Å². The van der Waals surface area contributed by atoms with Gasteiger partial charge >= 0.3 is 11.9 Å². The standard InChI is InChI=1S/C34H36N2O14/c1-44-22-3-2-19-20-14-46-23-9-18(48-34-30(43)29(42)28(41)24(49-34)15-47-26(40)10-25(38)39)8-17(12-36-11-16-4-5-35-21(16)13-36)27(23)31(20)50-32(19)33(22)45-7-6-37/h2-5,8-9,13,20,24,28-31,34,37,41-43H,6-7,10-12,14-15H2,1H3,(H,38,39)/p+1/t20-,24+,28+,29-,30+,31+,34+/m0/s1. The number of carboxylic acids is 1. The molecule has 16 heteroatoms. The normalized spacial score (nSPS) is 28.6. The summed E-state index contributed by atoms with van der Waals surface area (Å²) in [6.45, 7) is 0.673. The van der Waals surface area contributed by atoms with E-state index in [0.29, 0.717) is 36.1 Å². The monoisotopic (exact) mass is 697 g/mol. The van der Waals surface area contributed by atoms with Gasteiger partial charge in [-0.3, -0.25) is 19.5 Å². The highest BCUT2D eigenvalue weighted by Gasteiger charge is 2.47. The molecule has 1 saturated heterocycles. The molecule has 266 valence electrons. The van der Waals surface area contributed by atoms with Crippen molar-refractivity contribution >= 4 is 18.2 Å². The van der Waals surface area contributed by atoms with Gasteiger partial charge < -0.3 is 58.7 Å². The van der Waals surface area contributed by atoms with Crippen LogP contribution in [0.3, 0.4) is 0 Å². The molecule has 5 aliphatic rings. The molecule has 8 atom stereocenters. The van der Waals surface area contributed by atoms with Gasteiger partial charge in [-0.05, 0) is 18.2 Å². The number of fused-ring (bicyclic) bond motifs is 6. The van der Waals surface area contributed by atoms with Crippen LogP contribution in [0.2, 0.25) is 0 Å². The number of hydrogen-bond acceptors (Lipinski definition) is 14. The first-order chi connectivity index (χ1) is 24.1. The van der Waals surface area contributed by atoms with Crippen LogP contribution in [-0.4, -0.2) is 114 Å². The van der Waals surface area contributed by atoms with Gasteiger partial charge in [-0.1, -0.05) is 6.07 Å². The Labute approximate surface area is 285 Å². The lowest BCUT2D eigenvalue weighted by molar-refractivity contribution is -0.851. The number of carbonyl (C=O) groups is 2. The van der Waals surface area contributed by atoms with Crippen molar-refractivity contribution in [1.29, 1.82) is 0 Å². The lowest BCUT2D eigenvalue weighted by atomic mass is 9.86. The molecule has 16 nitrogen and oxygen atoms in total. The third-order valence-electron chi connectivity index (χ3n) is 9.20. The maximum absolute atomic E-state index is 11.8. The zero-order valence-corrected chi connectivity index (χ0v) is 26.9. The number of nitrogens with zero attached hydrogens (tertiary/aromatic N) is 1. The Kier molecular flexibility index (Phi) is 9.38. The molecular formula is C34H37N2O14+. The fourth-order valence-electron chi connectivity index (χ4n) is 6.86. The Hall–Kier alpha value is -4.71. The molecule has 2 aromatic carbocycles. The van der Waals surface area contributed by atoms with Gasteiger partial charge in [0.05, 0.1) is 26.2 Å². The SMILES string of the molecule is COc1ccc2c(c1OCCO)O[C@H]1c3c(C[NH+]4C=C5N=CC=C5C4)cc(O[C@@H]4O[C@H](COC(=O)CC(=O)O)[C@@H](O)[C@H](O)[C@H]4O)cc3OC[C@@H]21. The molecule has 7 rings (SSSR count). The third kappa shape index (κ3) is 6.36. The highest BCUT2D eigenvalue weighted by molar-refractivity contribution is 5.90. The van der Waals surface area contributed by atoms with Crippen LogP contribution >= 0.6 is 0 Å². The number of benzene rings is 2. The van der Waals surface area contributed by atoms with E-state index in [1.54, 1.807) is 24.4 Å². The molecule has 5 heterocycles. The molecule has 50 heavy (non-hydrogen) atoms. The number of aliphatic imine (C=N–C) groups is 1. The average molecular weight is 698 g/mol. The predicted molar refractivity (Wildman–Crippen MR) is 168 cm³/mol. The summed E-state index contributed by atoms with van der Waals surface area (Å²) in [7, 11) is 1.52. The van der Waals surface area contributed by atoms with Crippen molar-refractivity contribution < 1.29 is 73.2 Å². The summed E-state index contributed by atoms with van der Waals surface area (Å²) in [5, 5.41) is 50.2. The first-order valence-electron chi connectivity index (χ1n) is 16.1. The maximum atomic E-state index is 11.8. The Bertz CT molecular complexity index is 1760. The number of hydrogen-bond donors (Lipinski definition) is 6. The zero-order valence-electron chi connectivity index (χ0n) is 26.9. The maximum Gasteiger partial charge on any atom is 0.317 e. The Balaban J connectivity index is 1.19. The minimum atomic E-state index is -1.73. The molecular weight excluding hydrogens is 660 g/mol. The summed E-state index contributed by atoms with van der Waals surface area (Å²) in [6.07, 6.45) is -3.52. The van der Waals surface area contributed by atoms with Crippen LogP contribution in [0.15, 0.2) is 52.8 Å². The van der Waals surface area contributed by atoms with Crippen LogP contribution in [0.1, 0.15) is 35.1 Å². The summed E-state index contributed by atoms with van der Waals surface area (Å²) in [6, 6.07) is 7.10. The van der Waals surface area contributed by atoms with E-state index in [9.17, 15) is 30.0 Å². The molecule has 2 aromatic rings. The number of quaternary nitrogens is 1. The minimum Gasteiger partial charge on any atom is -0.493 e. The van der Waals surface area contributed by atoms with Crippen LogP contribution < -0.4 is 28.6 Å². The molecule has 5 aliphatic heterocycles. The number of carboxylic acid groups (broad SMARTS) is 1. The fraction of sp³-hybridized carbons (Fsp3) is 0.441. The van der Waals surface area contributed by atoms with Gasteiger partial charge in [0.25, 0.3) is 0 Å². The molecule has 0 spiro atoms. The Morgan fingerprint density at radius 3 is 2.72 bits per heavy atom. The molecule has 0 radical (unpaired) electrons. The van der Waals surface area contributed by atoms with E-state index in [4.69, 9.17) is 38.3 Å². The lowest BCUT2D eigenvalue weighted by Crippen LogP contribution is -3.04. The van der Waals surface area contributed by atoms with Crippen molar-refractivity contribution in [3.8, 4) is 28.7 Å². The molecule has 6 N–H and O–H groups in total. The van der Waals surface area contributed by atoms with Gasteiger partial charge in [-0.2, -0.15) is 0 Å². The van der Waals surface area contributed by atoms with Crippen molar-refractivity contribution in [2.24, 2.45) is 4.99 Å². The second kappa shape index (κ2) is 13.9. The number of nitrogens with one attached hydrogen (secondary N) is 1. The molecule has 0 saturated carbocycles. The summed E-state index contributed by atoms with van der Waals surface area (Å²) in [5.74, 6) is -0.623. The lowest BCUT2D eigenvalue weighted by Gasteiger charge is -2.40. The Morgan fingerprint density at radius 1 is 1.12 bits per heavy atom. The number of rotatable bonds is 12. The quantitative estimate of drug-likeness (QED) is 0.118. The number of aliphatic hydroxyl groups excluding tert-OH is 4. The number of allylic oxidation sites excluding steroid dienone is 1. The summed E-state index contributed by atoms with van der Waals surface area (Å²) < 4.78 is 41.1. The van der Waals surface area contributed by atoms with Gasteiger partial charge in [-0.25, -0.2) is 0 Å². The van der Waals surface area contributed by atoms with Crippen molar-refractivity contribution in [1.82, 2.24) is 0 Å². The van der Waals surface area contributed by atoms with Gasteiger partial charge in [-0.15, -0.1) is 0 Å². The smallest absolute Gasteiger partial charge is 0.317 e. The summed E-state index contributed by atoms with van der Waals surface area (Å²) in [4.78, 5) is 28.2. The molecule has 0 amide bonds. The molecule has 1 unspecified atom stereocenters. The molecule has 1 fully saturated rings. The average Bonchev–Trinajstić information content (AvgIpc) is 3.80. The van der Waals surface area contributed by atoms with Crippen LogP contribution in [-0.2, 0) is 25.6 Å². The van der Waals surface area contributed by atoms with E-state index in [0.717, 1.165) is 32.9 Å². The Morgan fingerprint density at radius 2 is 1.96 bits per heavy atom. The minimum absolute atomic E-state index is 0.0440. The highest BCUT2D eigenvalue weighted by Crippen LogP contribution is 2.57. The van der Waals surface area contributed by atoms with Crippen molar-refractivity contribution in [3.63, 3.8) is 0 Å². The van der Waals surface area contributed by atoms with E-state index < -0.39 is 61.8 Å². The van der Waals surface area contributed by atoms with E-state index >= 15 is 0 Å². The van der Waals surface area contributed by atoms with Crippen molar-refractivity contribution in [2.75, 3.05) is 40.1 Å². The number of ether oxygens (including phenoxy) is 7. The van der Waals surface area contributed by atoms with E-state index in [-0.39, 0.29) is 31.5 Å². The summed E-state index contributed by atoms with van der Waals surface area (Å²) >= 11 is 0. The number of methoxy groups -OCH3 is 1. The number of aliphatic carboxylic acids is 1. The molecule has 0 aromatic heterocycles. The van der Waals surface area contributed by atoms with Gasteiger partial charge in [0.15, 0.2) is 11.5 Å². The predicted octanol–water partition coefficient (Wildman–Crippen LogP) is -0.869. The number of aliphatic hydroxyl groups is 4. The van der Waals surface area contributed by atoms with Gasteiger partial charge in [0.1, 0.15) is 86.6 Å². The topological polar surface area (TPSA) is 217 Å². The zero-order chi connectivity index (χ0) is 35.1. The number of carbonyl (C=O) groups excluding carboxylic acids is 1. The number of esters is 1. The molecule has 0 bridgehead atoms. The first kappa shape index (κ1) is 33.8. The summed E-state index contributed by atoms with van der Waals surface area (Å²) in [5.41, 5.74) is 4.46. The van der Waals surface area contributed by atoms with Crippen LogP contribution in [0.4, 0.5) is 0 Å².